The molecule has 1 aromatic heterocycles. The number of nitrogens with zero attached hydrogens (tertiary/aromatic N) is 1. The minimum atomic E-state index is 0.642. The summed E-state index contributed by atoms with van der Waals surface area (Å²) >= 11 is 5.47. The summed E-state index contributed by atoms with van der Waals surface area (Å²) in [6, 6.07) is 14.6. The second kappa shape index (κ2) is 5.74. The average Bonchev–Trinajstić information content (AvgIpc) is 2.79. The smallest absolute Gasteiger partial charge is 0.178 e. The number of H-pyrrole nitrogens is 1. The quantitative estimate of drug-likeness (QED) is 0.721. The summed E-state index contributed by atoms with van der Waals surface area (Å²) in [5.41, 5.74) is 4.54. The van der Waals surface area contributed by atoms with E-state index in [2.05, 4.69) is 46.8 Å². The fourth-order valence-corrected chi connectivity index (χ4v) is 2.73. The molecule has 3 aromatic rings. The van der Waals surface area contributed by atoms with Gasteiger partial charge in [0.15, 0.2) is 4.77 Å². The number of hydrogen-bond acceptors (Lipinski definition) is 2. The molecule has 108 valence electrons. The fraction of sp³-hybridized carbons (Fsp3) is 0.235. The molecule has 0 bridgehead atoms. The van der Waals surface area contributed by atoms with E-state index in [1.54, 1.807) is 0 Å². The second-order valence-corrected chi connectivity index (χ2v) is 5.47. The normalized spacial score (nSPS) is 11.0. The molecular weight excluding hydrogens is 280 g/mol. The van der Waals surface area contributed by atoms with Crippen molar-refractivity contribution in [3.05, 3.63) is 58.4 Å². The highest BCUT2D eigenvalue weighted by molar-refractivity contribution is 7.71. The van der Waals surface area contributed by atoms with Gasteiger partial charge in [0.2, 0.25) is 0 Å². The number of aromatic nitrogens is 2. The molecule has 3 rings (SSSR count). The Kier molecular flexibility index (Phi) is 3.80. The van der Waals surface area contributed by atoms with Crippen molar-refractivity contribution in [2.24, 2.45) is 0 Å². The number of para-hydroxylation sites is 1. The van der Waals surface area contributed by atoms with Gasteiger partial charge in [0.05, 0.1) is 18.7 Å². The Morgan fingerprint density at radius 3 is 2.62 bits per heavy atom. The number of benzene rings is 2. The fourth-order valence-electron chi connectivity index (χ4n) is 2.46. The SMILES string of the molecule is CCOc1cccc2c1[nH]c(=S)n2Cc1ccc(C)cc1. The van der Waals surface area contributed by atoms with Gasteiger partial charge in [-0.2, -0.15) is 0 Å². The molecule has 0 unspecified atom stereocenters. The minimum absolute atomic E-state index is 0.642. The van der Waals surface area contributed by atoms with E-state index in [9.17, 15) is 0 Å². The van der Waals surface area contributed by atoms with E-state index < -0.39 is 0 Å². The minimum Gasteiger partial charge on any atom is -0.492 e. The zero-order chi connectivity index (χ0) is 14.8. The molecule has 3 nitrogen and oxygen atoms in total. The van der Waals surface area contributed by atoms with Gasteiger partial charge in [0, 0.05) is 0 Å². The molecule has 0 atom stereocenters. The maximum absolute atomic E-state index is 5.66. The standard InChI is InChI=1S/C17H18N2OS/c1-3-20-15-6-4-5-14-16(15)18-17(21)19(14)11-13-9-7-12(2)8-10-13/h4-10H,3,11H2,1-2H3,(H,18,21). The zero-order valence-electron chi connectivity index (χ0n) is 12.2. The highest BCUT2D eigenvalue weighted by Gasteiger charge is 2.09. The molecular formula is C17H18N2OS. The van der Waals surface area contributed by atoms with Gasteiger partial charge in [-0.05, 0) is 43.8 Å². The van der Waals surface area contributed by atoms with Crippen molar-refractivity contribution in [3.8, 4) is 5.75 Å². The molecule has 4 heteroatoms. The third-order valence-electron chi connectivity index (χ3n) is 3.53. The number of imidazole rings is 1. The molecule has 0 spiro atoms. The first-order valence-electron chi connectivity index (χ1n) is 7.09. The molecule has 2 aromatic carbocycles. The Morgan fingerprint density at radius 2 is 1.90 bits per heavy atom. The number of nitrogens with one attached hydrogen (secondary N) is 1. The maximum atomic E-state index is 5.66. The van der Waals surface area contributed by atoms with Crippen molar-refractivity contribution in [1.29, 1.82) is 0 Å². The predicted octanol–water partition coefficient (Wildman–Crippen LogP) is 4.45. The van der Waals surface area contributed by atoms with E-state index >= 15 is 0 Å². The Bertz CT molecular complexity index is 815. The molecule has 0 saturated carbocycles. The highest BCUT2D eigenvalue weighted by atomic mass is 32.1. The summed E-state index contributed by atoms with van der Waals surface area (Å²) < 4.78 is 8.49. The number of fused-ring (bicyclic) bond motifs is 1. The lowest BCUT2D eigenvalue weighted by molar-refractivity contribution is 0.343. The van der Waals surface area contributed by atoms with Crippen molar-refractivity contribution in [1.82, 2.24) is 9.55 Å². The van der Waals surface area contributed by atoms with E-state index in [-0.39, 0.29) is 0 Å². The second-order valence-electron chi connectivity index (χ2n) is 5.09. The molecule has 1 N–H and O–H groups in total. The molecule has 0 fully saturated rings. The lowest BCUT2D eigenvalue weighted by Gasteiger charge is -2.07. The summed E-state index contributed by atoms with van der Waals surface area (Å²) in [7, 11) is 0. The van der Waals surface area contributed by atoms with Gasteiger partial charge in [-0.25, -0.2) is 0 Å². The van der Waals surface area contributed by atoms with Gasteiger partial charge in [-0.3, -0.25) is 0 Å². The lowest BCUT2D eigenvalue weighted by atomic mass is 10.1. The molecule has 1 heterocycles. The summed E-state index contributed by atoms with van der Waals surface area (Å²) in [5.74, 6) is 0.851. The van der Waals surface area contributed by atoms with Crippen LogP contribution in [-0.4, -0.2) is 16.2 Å². The van der Waals surface area contributed by atoms with E-state index in [0.717, 1.165) is 28.1 Å². The monoisotopic (exact) mass is 298 g/mol. The van der Waals surface area contributed by atoms with Crippen LogP contribution in [0.5, 0.6) is 5.75 Å². The van der Waals surface area contributed by atoms with Crippen LogP contribution in [0.3, 0.4) is 0 Å². The van der Waals surface area contributed by atoms with Gasteiger partial charge < -0.3 is 14.3 Å². The third kappa shape index (κ3) is 2.72. The Balaban J connectivity index is 2.06. The van der Waals surface area contributed by atoms with E-state index in [1.807, 2.05) is 19.1 Å². The molecule has 0 radical (unpaired) electrons. The van der Waals surface area contributed by atoms with Crippen LogP contribution < -0.4 is 4.74 Å². The molecule has 0 aliphatic carbocycles. The summed E-state index contributed by atoms with van der Waals surface area (Å²) in [6.45, 7) is 5.48. The number of hydrogen-bond donors (Lipinski definition) is 1. The van der Waals surface area contributed by atoms with Crippen molar-refractivity contribution in [2.45, 2.75) is 20.4 Å². The van der Waals surface area contributed by atoms with Crippen molar-refractivity contribution in [3.63, 3.8) is 0 Å². The Hall–Kier alpha value is -2.07. The van der Waals surface area contributed by atoms with Crippen LogP contribution in [0.15, 0.2) is 42.5 Å². The summed E-state index contributed by atoms with van der Waals surface area (Å²) in [6.07, 6.45) is 0. The first-order chi connectivity index (χ1) is 10.2. The third-order valence-corrected chi connectivity index (χ3v) is 3.86. The van der Waals surface area contributed by atoms with Crippen LogP contribution >= 0.6 is 12.2 Å². The largest absolute Gasteiger partial charge is 0.492 e. The first kappa shape index (κ1) is 13.9. The number of aryl methyl sites for hydroxylation is 1. The first-order valence-corrected chi connectivity index (χ1v) is 7.49. The van der Waals surface area contributed by atoms with Crippen molar-refractivity contribution < 1.29 is 4.74 Å². The Morgan fingerprint density at radius 1 is 1.14 bits per heavy atom. The van der Waals surface area contributed by atoms with Gasteiger partial charge in [0.25, 0.3) is 0 Å². The molecule has 0 amide bonds. The van der Waals surface area contributed by atoms with Crippen molar-refractivity contribution >= 4 is 23.3 Å². The van der Waals surface area contributed by atoms with Crippen LogP contribution in [0.2, 0.25) is 0 Å². The number of ether oxygens (including phenoxy) is 1. The summed E-state index contributed by atoms with van der Waals surface area (Å²) in [5, 5.41) is 0. The molecule has 0 saturated heterocycles. The van der Waals surface area contributed by atoms with Crippen LogP contribution in [0.1, 0.15) is 18.1 Å². The molecule has 21 heavy (non-hydrogen) atoms. The average molecular weight is 298 g/mol. The number of aromatic amines is 1. The topological polar surface area (TPSA) is 29.9 Å². The molecule has 0 aliphatic rings. The maximum Gasteiger partial charge on any atom is 0.178 e. The predicted molar refractivity (Wildman–Crippen MR) is 88.6 cm³/mol. The number of rotatable bonds is 4. The highest BCUT2D eigenvalue weighted by Crippen LogP contribution is 2.25. The van der Waals surface area contributed by atoms with Gasteiger partial charge in [0.1, 0.15) is 11.3 Å². The van der Waals surface area contributed by atoms with Gasteiger partial charge in [-0.15, -0.1) is 0 Å². The van der Waals surface area contributed by atoms with E-state index in [1.165, 1.54) is 11.1 Å². The van der Waals surface area contributed by atoms with Crippen molar-refractivity contribution in [2.75, 3.05) is 6.61 Å². The summed E-state index contributed by atoms with van der Waals surface area (Å²) in [4.78, 5) is 3.26. The molecule has 0 aliphatic heterocycles. The van der Waals surface area contributed by atoms with E-state index in [4.69, 9.17) is 17.0 Å². The van der Waals surface area contributed by atoms with Crippen LogP contribution in [0.4, 0.5) is 0 Å². The van der Waals surface area contributed by atoms with Crippen LogP contribution in [0, 0.1) is 11.7 Å². The van der Waals surface area contributed by atoms with Crippen LogP contribution in [0.25, 0.3) is 11.0 Å². The lowest BCUT2D eigenvalue weighted by Crippen LogP contribution is -1.99. The van der Waals surface area contributed by atoms with Gasteiger partial charge in [-0.1, -0.05) is 35.9 Å². The Labute approximate surface area is 129 Å². The van der Waals surface area contributed by atoms with E-state index in [0.29, 0.717) is 6.61 Å². The zero-order valence-corrected chi connectivity index (χ0v) is 13.0. The van der Waals surface area contributed by atoms with Gasteiger partial charge >= 0.3 is 0 Å². The van der Waals surface area contributed by atoms with Crippen LogP contribution in [-0.2, 0) is 6.54 Å².